The summed E-state index contributed by atoms with van der Waals surface area (Å²) in [6.07, 6.45) is 0. The van der Waals surface area contributed by atoms with Crippen LogP contribution in [0.2, 0.25) is 0 Å². The molecule has 0 heterocycles. The van der Waals surface area contributed by atoms with Gasteiger partial charge in [0.1, 0.15) is 0 Å². The fourth-order valence-electron chi connectivity index (χ4n) is 0.831. The Bertz CT molecular complexity index is 529. The predicted octanol–water partition coefficient (Wildman–Crippen LogP) is 0.628. The van der Waals surface area contributed by atoms with Crippen LogP contribution in [-0.2, 0) is 25.7 Å². The lowest BCUT2D eigenvalue weighted by atomic mass is 10.3. The molecule has 7 nitrogen and oxygen atoms in total. The van der Waals surface area contributed by atoms with E-state index >= 15 is 0 Å². The molecule has 0 aliphatic carbocycles. The fourth-order valence-corrected chi connectivity index (χ4v) is 2.04. The standard InChI is InChI=1S/C6H5N2O5S2/c9-8(10)5-1-3-6(4-2-5)15(12,13)7-14-11/h1-4,14H/q-1. The van der Waals surface area contributed by atoms with Gasteiger partial charge in [0, 0.05) is 12.1 Å². The van der Waals surface area contributed by atoms with Crippen molar-refractivity contribution in [3.05, 3.63) is 34.4 Å². The highest BCUT2D eigenvalue weighted by Gasteiger charge is 2.11. The van der Waals surface area contributed by atoms with Gasteiger partial charge in [-0.25, -0.2) is 8.42 Å². The van der Waals surface area contributed by atoms with Crippen LogP contribution in [-0.4, -0.2) is 13.3 Å². The highest BCUT2D eigenvalue weighted by Crippen LogP contribution is 2.17. The second-order valence-corrected chi connectivity index (χ2v) is 4.63. The van der Waals surface area contributed by atoms with E-state index < -0.39 is 26.4 Å². The first-order valence-electron chi connectivity index (χ1n) is 3.51. The van der Waals surface area contributed by atoms with Crippen molar-refractivity contribution in [1.82, 2.24) is 0 Å². The molecule has 0 bridgehead atoms. The van der Waals surface area contributed by atoms with Gasteiger partial charge < -0.3 is 4.21 Å². The Balaban J connectivity index is 3.21. The van der Waals surface area contributed by atoms with Gasteiger partial charge in [0.05, 0.1) is 9.82 Å². The zero-order valence-corrected chi connectivity index (χ0v) is 8.81. The molecule has 0 aliphatic heterocycles. The van der Waals surface area contributed by atoms with Crippen LogP contribution in [0.3, 0.4) is 0 Å². The summed E-state index contributed by atoms with van der Waals surface area (Å²) in [4.78, 5) is 9.38. The van der Waals surface area contributed by atoms with E-state index in [0.29, 0.717) is 0 Å². The van der Waals surface area contributed by atoms with E-state index in [9.17, 15) is 22.7 Å². The number of hydrogen-bond acceptors (Lipinski definition) is 6. The Morgan fingerprint density at radius 1 is 1.27 bits per heavy atom. The zero-order valence-electron chi connectivity index (χ0n) is 7.10. The summed E-state index contributed by atoms with van der Waals surface area (Å²) in [6.45, 7) is 0. The molecule has 0 atom stereocenters. The largest absolute Gasteiger partial charge is 0.446 e. The summed E-state index contributed by atoms with van der Waals surface area (Å²) in [6, 6.07) is 4.12. The topological polar surface area (TPSA) is 107 Å². The lowest BCUT2D eigenvalue weighted by Crippen LogP contribution is -1.96. The number of benzene rings is 1. The molecule has 1 aromatic carbocycles. The Morgan fingerprint density at radius 2 is 1.80 bits per heavy atom. The van der Waals surface area contributed by atoms with Gasteiger partial charge in [-0.2, -0.15) is 11.5 Å². The SMILES string of the molecule is O=[SH-]=NS(=O)(=O)c1ccc([N+](=O)[O-])cc1. The lowest BCUT2D eigenvalue weighted by molar-refractivity contribution is -0.384. The van der Waals surface area contributed by atoms with Crippen molar-refractivity contribution in [3.63, 3.8) is 0 Å². The first-order chi connectivity index (χ1) is 6.97. The summed E-state index contributed by atoms with van der Waals surface area (Å²) in [7, 11) is -3.98. The molecule has 15 heavy (non-hydrogen) atoms. The third-order valence-corrected chi connectivity index (χ3v) is 3.48. The van der Waals surface area contributed by atoms with Crippen LogP contribution in [0, 0.1) is 10.1 Å². The Morgan fingerprint density at radius 3 is 2.20 bits per heavy atom. The first kappa shape index (κ1) is 11.6. The molecule has 82 valence electrons. The number of hydrogen-bond donors (Lipinski definition) is 0. The number of nitro groups is 1. The predicted molar refractivity (Wildman–Crippen MR) is 52.2 cm³/mol. The minimum absolute atomic E-state index is 0.228. The van der Waals surface area contributed by atoms with Crippen molar-refractivity contribution >= 4 is 27.2 Å². The van der Waals surface area contributed by atoms with Gasteiger partial charge in [0.25, 0.3) is 15.7 Å². The molecule has 1 rings (SSSR count). The normalized spacial score (nSPS) is 10.9. The minimum Gasteiger partial charge on any atom is -0.446 e. The summed E-state index contributed by atoms with van der Waals surface area (Å²) in [5.41, 5.74) is -0.228. The molecule has 0 unspecified atom stereocenters. The number of thiol groups is 1. The molecule has 9 heteroatoms. The van der Waals surface area contributed by atoms with Crippen LogP contribution in [0.4, 0.5) is 5.69 Å². The quantitative estimate of drug-likeness (QED) is 0.338. The van der Waals surface area contributed by atoms with Crippen molar-refractivity contribution in [2.24, 2.45) is 3.77 Å². The molecule has 0 amide bonds. The third-order valence-electron chi connectivity index (χ3n) is 1.49. The molecule has 0 saturated carbocycles. The van der Waals surface area contributed by atoms with Gasteiger partial charge in [0.15, 0.2) is 0 Å². The minimum atomic E-state index is -3.98. The van der Waals surface area contributed by atoms with Gasteiger partial charge >= 0.3 is 0 Å². The van der Waals surface area contributed by atoms with Crippen molar-refractivity contribution in [2.45, 2.75) is 4.90 Å². The van der Waals surface area contributed by atoms with Crippen LogP contribution in [0.1, 0.15) is 0 Å². The fraction of sp³-hybridized carbons (Fsp3) is 0. The average molecular weight is 249 g/mol. The molecule has 0 radical (unpaired) electrons. The van der Waals surface area contributed by atoms with Crippen LogP contribution in [0.5, 0.6) is 0 Å². The Kier molecular flexibility index (Phi) is 3.37. The van der Waals surface area contributed by atoms with Crippen molar-refractivity contribution in [3.8, 4) is 0 Å². The maximum absolute atomic E-state index is 11.2. The van der Waals surface area contributed by atoms with Crippen LogP contribution < -0.4 is 0 Å². The molecule has 0 aliphatic rings. The van der Waals surface area contributed by atoms with E-state index in [2.05, 4.69) is 3.77 Å². The van der Waals surface area contributed by atoms with Crippen molar-refractivity contribution in [1.29, 1.82) is 0 Å². The van der Waals surface area contributed by atoms with Crippen molar-refractivity contribution < 1.29 is 17.6 Å². The van der Waals surface area contributed by atoms with Gasteiger partial charge in [0.2, 0.25) is 0 Å². The molecule has 0 spiro atoms. The monoisotopic (exact) mass is 249 g/mol. The smallest absolute Gasteiger partial charge is 0.269 e. The molecular weight excluding hydrogens is 244 g/mol. The first-order valence-corrected chi connectivity index (χ1v) is 5.72. The highest BCUT2D eigenvalue weighted by molar-refractivity contribution is 7.93. The van der Waals surface area contributed by atoms with Gasteiger partial charge in [-0.3, -0.25) is 13.9 Å². The Hall–Kier alpha value is -1.48. The van der Waals surface area contributed by atoms with Crippen LogP contribution in [0.15, 0.2) is 32.9 Å². The molecular formula is C6H5N2O5S2-. The summed E-state index contributed by atoms with van der Waals surface area (Å²) >= 11 is -0.876. The van der Waals surface area contributed by atoms with E-state index in [1.54, 1.807) is 0 Å². The van der Waals surface area contributed by atoms with E-state index in [0.717, 1.165) is 24.3 Å². The average Bonchev–Trinajstić information content (AvgIpc) is 2.18. The maximum Gasteiger partial charge on any atom is 0.269 e. The summed E-state index contributed by atoms with van der Waals surface area (Å²) in [5, 5.41) is 10.3. The number of non-ortho nitro benzene ring substituents is 1. The number of rotatable bonds is 3. The molecule has 0 saturated heterocycles. The number of sulfonamides is 1. The molecule has 0 fully saturated rings. The number of nitrogens with zero attached hydrogens (tertiary/aromatic N) is 2. The summed E-state index contributed by atoms with van der Waals surface area (Å²) in [5.74, 6) is 0. The second-order valence-electron chi connectivity index (χ2n) is 2.39. The van der Waals surface area contributed by atoms with E-state index in [4.69, 9.17) is 0 Å². The van der Waals surface area contributed by atoms with Crippen molar-refractivity contribution in [2.75, 3.05) is 0 Å². The van der Waals surface area contributed by atoms with Gasteiger partial charge in [-0.1, -0.05) is 0 Å². The maximum atomic E-state index is 11.2. The lowest BCUT2D eigenvalue weighted by Gasteiger charge is -1.98. The van der Waals surface area contributed by atoms with Crippen LogP contribution >= 0.6 is 0 Å². The highest BCUT2D eigenvalue weighted by atomic mass is 32.2. The van der Waals surface area contributed by atoms with E-state index in [1.807, 2.05) is 0 Å². The third kappa shape index (κ3) is 2.73. The second kappa shape index (κ2) is 4.36. The molecule has 0 N–H and O–H groups in total. The number of nitro benzene ring substituents is 1. The molecule has 0 aromatic heterocycles. The zero-order chi connectivity index (χ0) is 11.5. The Labute approximate surface area is 88.2 Å². The summed E-state index contributed by atoms with van der Waals surface area (Å²) < 4.78 is 35.2. The van der Waals surface area contributed by atoms with Gasteiger partial charge in [-0.15, -0.1) is 0 Å². The molecule has 1 aromatic rings. The van der Waals surface area contributed by atoms with E-state index in [-0.39, 0.29) is 10.6 Å². The van der Waals surface area contributed by atoms with Gasteiger partial charge in [-0.05, 0) is 12.1 Å². The van der Waals surface area contributed by atoms with Crippen LogP contribution in [0.25, 0.3) is 0 Å². The van der Waals surface area contributed by atoms with E-state index in [1.165, 1.54) is 0 Å².